The molecule has 4 nitrogen and oxygen atoms in total. The van der Waals surface area contributed by atoms with Crippen molar-refractivity contribution in [2.75, 3.05) is 23.3 Å². The largest absolute Gasteiger partial charge is 0.357 e. The van der Waals surface area contributed by atoms with Gasteiger partial charge in [0.2, 0.25) is 5.91 Å². The molecule has 0 unspecified atom stereocenters. The second-order valence-electron chi connectivity index (χ2n) is 6.84. The second kappa shape index (κ2) is 8.04. The van der Waals surface area contributed by atoms with E-state index in [1.165, 1.54) is 12.8 Å². The molecule has 0 spiro atoms. The molecule has 4 rings (SSSR count). The van der Waals surface area contributed by atoms with Gasteiger partial charge in [0.25, 0.3) is 0 Å². The number of pyridine rings is 1. The van der Waals surface area contributed by atoms with Crippen molar-refractivity contribution in [3.05, 3.63) is 90.1 Å². The van der Waals surface area contributed by atoms with Crippen LogP contribution in [0.4, 0.5) is 11.5 Å². The molecule has 2 heterocycles. The molecule has 1 aromatic heterocycles. The second-order valence-corrected chi connectivity index (χ2v) is 6.84. The normalized spacial score (nSPS) is 13.7. The number of rotatable bonds is 5. The Bertz CT molecular complexity index is 833. The van der Waals surface area contributed by atoms with Gasteiger partial charge >= 0.3 is 0 Å². The summed E-state index contributed by atoms with van der Waals surface area (Å²) in [5, 5.41) is 3.04. The summed E-state index contributed by atoms with van der Waals surface area (Å²) in [5.74, 6) is 0.571. The maximum atomic E-state index is 13.1. The summed E-state index contributed by atoms with van der Waals surface area (Å²) in [6, 6.07) is 23.7. The van der Waals surface area contributed by atoms with Gasteiger partial charge in [0, 0.05) is 13.1 Å². The van der Waals surface area contributed by atoms with Crippen LogP contribution in [0.5, 0.6) is 0 Å². The fraction of sp³-hybridized carbons (Fsp3) is 0.217. The van der Waals surface area contributed by atoms with Crippen molar-refractivity contribution in [3.63, 3.8) is 0 Å². The smallest absolute Gasteiger partial charge is 0.236 e. The number of hydrogen-bond donors (Lipinski definition) is 1. The van der Waals surface area contributed by atoms with Crippen LogP contribution in [0.25, 0.3) is 0 Å². The van der Waals surface area contributed by atoms with E-state index in [1.807, 2.05) is 72.8 Å². The molecule has 0 atom stereocenters. The van der Waals surface area contributed by atoms with Gasteiger partial charge in [-0.25, -0.2) is 4.98 Å². The first kappa shape index (κ1) is 17.3. The zero-order chi connectivity index (χ0) is 18.5. The molecule has 3 aromatic rings. The summed E-state index contributed by atoms with van der Waals surface area (Å²) in [4.78, 5) is 19.9. The van der Waals surface area contributed by atoms with Crippen molar-refractivity contribution in [3.8, 4) is 0 Å². The van der Waals surface area contributed by atoms with Crippen LogP contribution >= 0.6 is 0 Å². The minimum Gasteiger partial charge on any atom is -0.357 e. The average Bonchev–Trinajstić information content (AvgIpc) is 3.25. The SMILES string of the molecule is O=C(Nc1ccc(N2CCCC2)nc1)C(c1ccccc1)c1ccccc1. The molecule has 0 aliphatic carbocycles. The van der Waals surface area contributed by atoms with Crippen molar-refractivity contribution < 1.29 is 4.79 Å². The van der Waals surface area contributed by atoms with Gasteiger partial charge in [0.05, 0.1) is 17.8 Å². The Kier molecular flexibility index (Phi) is 5.15. The lowest BCUT2D eigenvalue weighted by Crippen LogP contribution is -2.23. The Morgan fingerprint density at radius 3 is 1.96 bits per heavy atom. The lowest BCUT2D eigenvalue weighted by atomic mass is 9.90. The minimum absolute atomic E-state index is 0.0527. The quantitative estimate of drug-likeness (QED) is 0.734. The van der Waals surface area contributed by atoms with E-state index >= 15 is 0 Å². The Morgan fingerprint density at radius 1 is 0.852 bits per heavy atom. The van der Waals surface area contributed by atoms with Crippen LogP contribution in [0.2, 0.25) is 0 Å². The maximum Gasteiger partial charge on any atom is 0.236 e. The predicted molar refractivity (Wildman–Crippen MR) is 109 cm³/mol. The molecular formula is C23H23N3O. The van der Waals surface area contributed by atoms with Gasteiger partial charge in [-0.3, -0.25) is 4.79 Å². The molecule has 1 aliphatic rings. The highest BCUT2D eigenvalue weighted by Crippen LogP contribution is 2.26. The first-order valence-corrected chi connectivity index (χ1v) is 9.43. The molecule has 4 heteroatoms. The average molecular weight is 357 g/mol. The van der Waals surface area contributed by atoms with Gasteiger partial charge in [0.15, 0.2) is 0 Å². The first-order valence-electron chi connectivity index (χ1n) is 9.43. The molecule has 0 saturated carbocycles. The van der Waals surface area contributed by atoms with E-state index in [0.29, 0.717) is 0 Å². The summed E-state index contributed by atoms with van der Waals surface area (Å²) < 4.78 is 0. The summed E-state index contributed by atoms with van der Waals surface area (Å²) in [6.45, 7) is 2.12. The molecule has 0 radical (unpaired) electrons. The van der Waals surface area contributed by atoms with E-state index in [9.17, 15) is 4.79 Å². The number of amides is 1. The van der Waals surface area contributed by atoms with Crippen LogP contribution in [-0.2, 0) is 4.79 Å². The van der Waals surface area contributed by atoms with E-state index in [-0.39, 0.29) is 11.8 Å². The van der Waals surface area contributed by atoms with Crippen LogP contribution in [-0.4, -0.2) is 24.0 Å². The third-order valence-corrected chi connectivity index (χ3v) is 4.97. The number of anilines is 2. The molecule has 0 bridgehead atoms. The molecular weight excluding hydrogens is 334 g/mol. The summed E-state index contributed by atoms with van der Waals surface area (Å²) in [7, 11) is 0. The molecule has 1 aliphatic heterocycles. The topological polar surface area (TPSA) is 45.2 Å². The van der Waals surface area contributed by atoms with Crippen LogP contribution < -0.4 is 10.2 Å². The van der Waals surface area contributed by atoms with Gasteiger partial charge in [-0.2, -0.15) is 0 Å². The van der Waals surface area contributed by atoms with Gasteiger partial charge in [-0.1, -0.05) is 60.7 Å². The Labute approximate surface area is 159 Å². The molecule has 136 valence electrons. The molecule has 1 amide bonds. The van der Waals surface area contributed by atoms with Crippen LogP contribution in [0.1, 0.15) is 29.9 Å². The Balaban J connectivity index is 1.55. The van der Waals surface area contributed by atoms with Crippen LogP contribution in [0, 0.1) is 0 Å². The number of benzene rings is 2. The standard InChI is InChI=1S/C23H23N3O/c27-23(25-20-13-14-21(24-17-20)26-15-7-8-16-26)22(18-9-3-1-4-10-18)19-11-5-2-6-12-19/h1-6,9-14,17,22H,7-8,15-16H2,(H,25,27). The minimum atomic E-state index is -0.356. The maximum absolute atomic E-state index is 13.1. The van der Waals surface area contributed by atoms with Crippen molar-refractivity contribution >= 4 is 17.4 Å². The monoisotopic (exact) mass is 357 g/mol. The summed E-state index contributed by atoms with van der Waals surface area (Å²) in [5.41, 5.74) is 2.67. The van der Waals surface area contributed by atoms with Crippen molar-refractivity contribution in [2.24, 2.45) is 0 Å². The zero-order valence-electron chi connectivity index (χ0n) is 15.2. The first-order chi connectivity index (χ1) is 13.3. The third kappa shape index (κ3) is 4.00. The highest BCUT2D eigenvalue weighted by Gasteiger charge is 2.23. The number of hydrogen-bond acceptors (Lipinski definition) is 3. The number of nitrogens with zero attached hydrogens (tertiary/aromatic N) is 2. The number of carbonyl (C=O) groups is 1. The van der Waals surface area contributed by atoms with Crippen molar-refractivity contribution in [2.45, 2.75) is 18.8 Å². The van der Waals surface area contributed by atoms with Crippen LogP contribution in [0.3, 0.4) is 0 Å². The molecule has 1 fully saturated rings. The highest BCUT2D eigenvalue weighted by atomic mass is 16.1. The van der Waals surface area contributed by atoms with Gasteiger partial charge in [-0.05, 0) is 36.1 Å². The van der Waals surface area contributed by atoms with Gasteiger partial charge in [-0.15, -0.1) is 0 Å². The van der Waals surface area contributed by atoms with Crippen molar-refractivity contribution in [1.82, 2.24) is 4.98 Å². The summed E-state index contributed by atoms with van der Waals surface area (Å²) >= 11 is 0. The number of carbonyl (C=O) groups excluding carboxylic acids is 1. The van der Waals surface area contributed by atoms with E-state index in [4.69, 9.17) is 0 Å². The lowest BCUT2D eigenvalue weighted by Gasteiger charge is -2.19. The Hall–Kier alpha value is -3.14. The predicted octanol–water partition coefficient (Wildman–Crippen LogP) is 4.45. The fourth-order valence-corrected chi connectivity index (χ4v) is 3.59. The van der Waals surface area contributed by atoms with E-state index in [2.05, 4.69) is 15.2 Å². The van der Waals surface area contributed by atoms with Gasteiger partial charge in [0.1, 0.15) is 5.82 Å². The zero-order valence-corrected chi connectivity index (χ0v) is 15.2. The van der Waals surface area contributed by atoms with E-state index in [1.54, 1.807) is 6.20 Å². The van der Waals surface area contributed by atoms with Crippen LogP contribution in [0.15, 0.2) is 79.0 Å². The number of nitrogens with one attached hydrogen (secondary N) is 1. The number of aromatic nitrogens is 1. The van der Waals surface area contributed by atoms with Gasteiger partial charge < -0.3 is 10.2 Å². The highest BCUT2D eigenvalue weighted by molar-refractivity contribution is 5.98. The summed E-state index contributed by atoms with van der Waals surface area (Å²) in [6.07, 6.45) is 4.19. The molecule has 1 saturated heterocycles. The Morgan fingerprint density at radius 2 is 1.44 bits per heavy atom. The molecule has 27 heavy (non-hydrogen) atoms. The van der Waals surface area contributed by atoms with Crippen molar-refractivity contribution in [1.29, 1.82) is 0 Å². The molecule has 1 N–H and O–H groups in total. The van der Waals surface area contributed by atoms with E-state index < -0.39 is 0 Å². The molecule has 2 aromatic carbocycles. The lowest BCUT2D eigenvalue weighted by molar-refractivity contribution is -0.116. The third-order valence-electron chi connectivity index (χ3n) is 4.97. The fourth-order valence-electron chi connectivity index (χ4n) is 3.59. The van der Waals surface area contributed by atoms with E-state index in [0.717, 1.165) is 35.7 Å².